The van der Waals surface area contributed by atoms with E-state index >= 15 is 0 Å². The maximum absolute atomic E-state index is 12.2. The maximum atomic E-state index is 12.2. The first-order valence-electron chi connectivity index (χ1n) is 21.8. The van der Waals surface area contributed by atoms with E-state index in [2.05, 4.69) is 34.6 Å². The van der Waals surface area contributed by atoms with E-state index in [1.807, 2.05) is 20.8 Å². The number of hydrogen-bond donors (Lipinski definition) is 3. The van der Waals surface area contributed by atoms with E-state index in [0.717, 1.165) is 12.8 Å². The van der Waals surface area contributed by atoms with Crippen molar-refractivity contribution in [2.45, 2.75) is 198 Å². The third-order valence-corrected chi connectivity index (χ3v) is 16.3. The number of aliphatic carboxylic acids is 1. The third kappa shape index (κ3) is 7.62. The van der Waals surface area contributed by atoms with Gasteiger partial charge in [0.15, 0.2) is 17.4 Å². The van der Waals surface area contributed by atoms with Crippen LogP contribution in [0.1, 0.15) is 108 Å². The molecule has 6 heterocycles. The lowest BCUT2D eigenvalue weighted by Gasteiger charge is -2.55. The molecule has 14 nitrogen and oxygen atoms in total. The molecule has 0 aromatic rings. The smallest absolute Gasteiger partial charge is 0.311 e. The van der Waals surface area contributed by atoms with Gasteiger partial charge in [-0.1, -0.05) is 48.5 Å². The second-order valence-electron chi connectivity index (χ2n) is 19.9. The van der Waals surface area contributed by atoms with Gasteiger partial charge in [-0.15, -0.1) is 0 Å². The van der Waals surface area contributed by atoms with Gasteiger partial charge in [-0.3, -0.25) is 4.79 Å². The normalized spacial score (nSPS) is 54.8. The standard InChI is InChI=1S/C44H76O14/c1-21-29(49-12)20-43(56-31(21)22(2)32-23(3)34(51-14)27(7)44(48,57-32)28(8)39(45)46)19-18-40(9,58-43)30-16-17-41(10,54-30)38-25(5)35(52-15)37(53-38)36-24(4)33(50-13)26(6)42(11,47)55-36/h21-38,47-48H,16-20H2,1-15H3,(H,45,46)/t21-,22-,23+,24+,25+,26+,27-,28-,29+,30+,31+,32+,33-,34+,35-,36+,37-,38-,40-,41-,42-,43+,44+/m0/s1. The van der Waals surface area contributed by atoms with Crippen molar-refractivity contribution in [3.63, 3.8) is 0 Å². The van der Waals surface area contributed by atoms with E-state index in [0.29, 0.717) is 19.3 Å². The SMILES string of the molecule is CO[C@@H]1[C@H](C)[C@@H]([C@@H](C)[C@@H]2O[C@@]3(CC[C@@](C)([C@H]4CC[C@@](C)([C@H]5O[C@H]([C@@H]6O[C@](C)(O)[C@H](C)[C@@H](OC)[C@H]6C)[C@@H](OC)[C@H]5C)O4)O3)C[C@@H](OC)[C@@H]2C)O[C@@](O)([C@@H](C)C(=O)O)[C@H]1C. The van der Waals surface area contributed by atoms with Gasteiger partial charge in [-0.05, 0) is 47.0 Å². The summed E-state index contributed by atoms with van der Waals surface area (Å²) in [6, 6.07) is 0. The molecule has 0 saturated carbocycles. The van der Waals surface area contributed by atoms with Crippen molar-refractivity contribution in [2.24, 2.45) is 47.3 Å². The number of carboxylic acid groups (broad SMARTS) is 1. The van der Waals surface area contributed by atoms with Gasteiger partial charge >= 0.3 is 5.97 Å². The summed E-state index contributed by atoms with van der Waals surface area (Å²) in [5, 5.41) is 33.1. The van der Waals surface area contributed by atoms with Crippen LogP contribution in [0.2, 0.25) is 0 Å². The summed E-state index contributed by atoms with van der Waals surface area (Å²) in [7, 11) is 6.70. The fraction of sp³-hybridized carbons (Fsp3) is 0.977. The Hall–Kier alpha value is -1.01. The number of carbonyl (C=O) groups is 1. The molecule has 0 amide bonds. The quantitative estimate of drug-likeness (QED) is 0.249. The van der Waals surface area contributed by atoms with Gasteiger partial charge in [0.25, 0.3) is 0 Å². The van der Waals surface area contributed by atoms with Crippen LogP contribution in [0.15, 0.2) is 0 Å². The molecule has 58 heavy (non-hydrogen) atoms. The molecule has 336 valence electrons. The van der Waals surface area contributed by atoms with Gasteiger partial charge in [0.05, 0.1) is 66.1 Å². The second kappa shape index (κ2) is 16.6. The van der Waals surface area contributed by atoms with E-state index in [9.17, 15) is 20.1 Å². The molecule has 6 rings (SSSR count). The van der Waals surface area contributed by atoms with Gasteiger partial charge in [0, 0.05) is 82.7 Å². The average molecular weight is 829 g/mol. The molecule has 6 saturated heterocycles. The van der Waals surface area contributed by atoms with Crippen LogP contribution < -0.4 is 0 Å². The monoisotopic (exact) mass is 829 g/mol. The van der Waals surface area contributed by atoms with Crippen molar-refractivity contribution >= 4 is 5.97 Å². The van der Waals surface area contributed by atoms with Crippen LogP contribution in [0.5, 0.6) is 0 Å². The average Bonchev–Trinajstić information content (AvgIpc) is 3.85. The summed E-state index contributed by atoms with van der Waals surface area (Å²) in [5.74, 6) is -8.04. The summed E-state index contributed by atoms with van der Waals surface area (Å²) < 4.78 is 65.4. The molecule has 0 aliphatic carbocycles. The Morgan fingerprint density at radius 1 is 0.672 bits per heavy atom. The molecule has 0 bridgehead atoms. The van der Waals surface area contributed by atoms with Crippen LogP contribution >= 0.6 is 0 Å². The van der Waals surface area contributed by atoms with Gasteiger partial charge < -0.3 is 62.7 Å². The zero-order valence-corrected chi connectivity index (χ0v) is 37.8. The van der Waals surface area contributed by atoms with Crippen molar-refractivity contribution in [2.75, 3.05) is 28.4 Å². The summed E-state index contributed by atoms with van der Waals surface area (Å²) in [6.07, 6.45) is -0.175. The highest BCUT2D eigenvalue weighted by Gasteiger charge is 2.64. The van der Waals surface area contributed by atoms with Gasteiger partial charge in [0.1, 0.15) is 12.0 Å². The van der Waals surface area contributed by atoms with E-state index in [1.165, 1.54) is 6.92 Å². The zero-order chi connectivity index (χ0) is 43.1. The summed E-state index contributed by atoms with van der Waals surface area (Å²) in [4.78, 5) is 12.2. The first kappa shape index (κ1) is 46.5. The van der Waals surface area contributed by atoms with Crippen LogP contribution in [0.25, 0.3) is 0 Å². The molecule has 0 aromatic carbocycles. The number of ether oxygens (including phenoxy) is 10. The number of hydrogen-bond acceptors (Lipinski definition) is 13. The summed E-state index contributed by atoms with van der Waals surface area (Å²) >= 11 is 0. The van der Waals surface area contributed by atoms with Crippen molar-refractivity contribution in [1.82, 2.24) is 0 Å². The summed E-state index contributed by atoms with van der Waals surface area (Å²) in [5.41, 5.74) is -1.32. The Balaban J connectivity index is 1.19. The summed E-state index contributed by atoms with van der Waals surface area (Å²) in [6.45, 7) is 21.6. The molecule has 23 atom stereocenters. The Morgan fingerprint density at radius 2 is 1.28 bits per heavy atom. The van der Waals surface area contributed by atoms with Gasteiger partial charge in [-0.2, -0.15) is 0 Å². The third-order valence-electron chi connectivity index (χ3n) is 16.3. The van der Waals surface area contributed by atoms with Crippen molar-refractivity contribution in [1.29, 1.82) is 0 Å². The van der Waals surface area contributed by atoms with Crippen molar-refractivity contribution in [3.05, 3.63) is 0 Å². The van der Waals surface area contributed by atoms with Crippen LogP contribution in [0.4, 0.5) is 0 Å². The zero-order valence-electron chi connectivity index (χ0n) is 37.8. The largest absolute Gasteiger partial charge is 0.481 e. The number of aliphatic hydroxyl groups is 2. The molecule has 6 fully saturated rings. The first-order valence-corrected chi connectivity index (χ1v) is 21.8. The molecule has 14 heteroatoms. The molecule has 3 N–H and O–H groups in total. The molecule has 0 radical (unpaired) electrons. The Labute approximate surface area is 346 Å². The number of rotatable bonds is 11. The molecule has 0 unspecified atom stereocenters. The Morgan fingerprint density at radius 3 is 1.86 bits per heavy atom. The van der Waals surface area contributed by atoms with Crippen LogP contribution in [0.3, 0.4) is 0 Å². The van der Waals surface area contributed by atoms with Crippen LogP contribution in [-0.2, 0) is 52.2 Å². The van der Waals surface area contributed by atoms with E-state index in [1.54, 1.807) is 42.3 Å². The van der Waals surface area contributed by atoms with E-state index in [4.69, 9.17) is 47.4 Å². The van der Waals surface area contributed by atoms with E-state index < -0.39 is 76.9 Å². The predicted octanol–water partition coefficient (Wildman–Crippen LogP) is 5.17. The van der Waals surface area contributed by atoms with Crippen molar-refractivity contribution in [3.8, 4) is 0 Å². The number of methoxy groups -OCH3 is 4. The Bertz CT molecular complexity index is 1450. The molecular formula is C44H76O14. The van der Waals surface area contributed by atoms with Crippen molar-refractivity contribution < 1.29 is 67.5 Å². The minimum atomic E-state index is -1.95. The van der Waals surface area contributed by atoms with Crippen LogP contribution in [-0.4, -0.2) is 139 Å². The van der Waals surface area contributed by atoms with E-state index in [-0.39, 0.29) is 66.0 Å². The molecule has 6 aliphatic heterocycles. The minimum absolute atomic E-state index is 0.0300. The highest BCUT2D eigenvalue weighted by Crippen LogP contribution is 2.55. The van der Waals surface area contributed by atoms with Gasteiger partial charge in [-0.25, -0.2) is 0 Å². The number of carboxylic acids is 1. The molecule has 6 aliphatic rings. The molecular weight excluding hydrogens is 752 g/mol. The highest BCUT2D eigenvalue weighted by atomic mass is 16.7. The fourth-order valence-electron chi connectivity index (χ4n) is 12.5. The fourth-order valence-corrected chi connectivity index (χ4v) is 12.5. The topological polar surface area (TPSA) is 170 Å². The predicted molar refractivity (Wildman–Crippen MR) is 212 cm³/mol. The first-order chi connectivity index (χ1) is 27.0. The second-order valence-corrected chi connectivity index (χ2v) is 19.9. The highest BCUT2D eigenvalue weighted by molar-refractivity contribution is 5.70. The lowest BCUT2D eigenvalue weighted by atomic mass is 9.71. The van der Waals surface area contributed by atoms with Gasteiger partial charge in [0.2, 0.25) is 0 Å². The maximum Gasteiger partial charge on any atom is 0.311 e. The molecule has 0 aromatic heterocycles. The van der Waals surface area contributed by atoms with Crippen LogP contribution in [0, 0.1) is 47.3 Å². The molecule has 1 spiro atoms. The minimum Gasteiger partial charge on any atom is -0.481 e. The lowest BCUT2D eigenvalue weighted by molar-refractivity contribution is -0.366. The lowest BCUT2D eigenvalue weighted by Crippen LogP contribution is -2.65. The Kier molecular flexibility index (Phi) is 13.3.